The van der Waals surface area contributed by atoms with Gasteiger partial charge in [0.1, 0.15) is 10.8 Å². The van der Waals surface area contributed by atoms with E-state index in [2.05, 4.69) is 15.3 Å². The molecule has 0 N–H and O–H groups in total. The van der Waals surface area contributed by atoms with Crippen molar-refractivity contribution in [3.8, 4) is 5.69 Å². The Balaban J connectivity index is 2.50. The first-order chi connectivity index (χ1) is 7.58. The Labute approximate surface area is 97.1 Å². The fraction of sp³-hybridized carbons (Fsp3) is 0.200. The molecule has 0 spiro atoms. The van der Waals surface area contributed by atoms with Crippen LogP contribution in [0.5, 0.6) is 0 Å². The van der Waals surface area contributed by atoms with Crippen LogP contribution in [0.1, 0.15) is 23.0 Å². The van der Waals surface area contributed by atoms with Crippen LogP contribution in [0.15, 0.2) is 18.5 Å². The predicted octanol–water partition coefficient (Wildman–Crippen LogP) is 1.83. The Hall–Kier alpha value is -1.75. The molecule has 2 rings (SSSR count). The maximum Gasteiger partial charge on any atom is 0.181 e. The van der Waals surface area contributed by atoms with Gasteiger partial charge in [-0.1, -0.05) is 16.8 Å². The second-order valence-corrected chi connectivity index (χ2v) is 3.79. The summed E-state index contributed by atoms with van der Waals surface area (Å²) in [5.74, 6) is -0.121. The van der Waals surface area contributed by atoms with E-state index < -0.39 is 0 Å². The van der Waals surface area contributed by atoms with E-state index in [1.54, 1.807) is 18.5 Å². The summed E-state index contributed by atoms with van der Waals surface area (Å²) in [6.07, 6.45) is 3.22. The fourth-order valence-electron chi connectivity index (χ4n) is 1.28. The molecule has 0 aliphatic rings. The SMILES string of the molecule is CC(=O)c1cn(-c2cc(Cl)ncc2C)nn1. The minimum absolute atomic E-state index is 0.121. The maximum atomic E-state index is 11.1. The lowest BCUT2D eigenvalue weighted by Gasteiger charge is -2.03. The topological polar surface area (TPSA) is 60.7 Å². The minimum Gasteiger partial charge on any atom is -0.293 e. The van der Waals surface area contributed by atoms with Crippen molar-refractivity contribution in [3.63, 3.8) is 0 Å². The van der Waals surface area contributed by atoms with Crippen molar-refractivity contribution in [3.05, 3.63) is 34.9 Å². The van der Waals surface area contributed by atoms with Crippen LogP contribution < -0.4 is 0 Å². The first kappa shape index (κ1) is 10.8. The Bertz CT molecular complexity index is 550. The molecule has 0 atom stereocenters. The Kier molecular flexibility index (Phi) is 2.70. The van der Waals surface area contributed by atoms with Gasteiger partial charge in [0, 0.05) is 19.2 Å². The van der Waals surface area contributed by atoms with Gasteiger partial charge in [-0.2, -0.15) is 0 Å². The number of pyridine rings is 1. The van der Waals surface area contributed by atoms with Crippen LogP contribution in [0, 0.1) is 6.92 Å². The zero-order valence-corrected chi connectivity index (χ0v) is 9.56. The molecule has 5 nitrogen and oxygen atoms in total. The molecule has 0 saturated heterocycles. The molecule has 0 unspecified atom stereocenters. The van der Waals surface area contributed by atoms with Gasteiger partial charge in [0.15, 0.2) is 5.78 Å². The lowest BCUT2D eigenvalue weighted by Crippen LogP contribution is -1.98. The van der Waals surface area contributed by atoms with Crippen molar-refractivity contribution in [1.29, 1.82) is 0 Å². The molecule has 0 aliphatic carbocycles. The van der Waals surface area contributed by atoms with Gasteiger partial charge in [-0.3, -0.25) is 4.79 Å². The molecule has 0 radical (unpaired) electrons. The van der Waals surface area contributed by atoms with E-state index >= 15 is 0 Å². The number of nitrogens with zero attached hydrogens (tertiary/aromatic N) is 4. The molecule has 0 aromatic carbocycles. The number of carbonyl (C=O) groups is 1. The summed E-state index contributed by atoms with van der Waals surface area (Å²) in [4.78, 5) is 15.0. The minimum atomic E-state index is -0.121. The van der Waals surface area contributed by atoms with Crippen molar-refractivity contribution < 1.29 is 4.79 Å². The van der Waals surface area contributed by atoms with Crippen molar-refractivity contribution in [2.45, 2.75) is 13.8 Å². The standard InChI is InChI=1S/C10H9ClN4O/c1-6-4-12-10(11)3-9(6)15-5-8(7(2)16)13-14-15/h3-5H,1-2H3. The zero-order chi connectivity index (χ0) is 11.7. The lowest BCUT2D eigenvalue weighted by atomic mass is 10.2. The fourth-order valence-corrected chi connectivity index (χ4v) is 1.43. The van der Waals surface area contributed by atoms with Gasteiger partial charge in [0.2, 0.25) is 0 Å². The second kappa shape index (κ2) is 4.02. The average molecular weight is 237 g/mol. The van der Waals surface area contributed by atoms with Gasteiger partial charge in [0.25, 0.3) is 0 Å². The van der Waals surface area contributed by atoms with Crippen LogP contribution in [0.4, 0.5) is 0 Å². The Morgan fingerprint density at radius 1 is 1.50 bits per heavy atom. The molecular formula is C10H9ClN4O. The molecule has 0 saturated carbocycles. The van der Waals surface area contributed by atoms with Crippen molar-refractivity contribution >= 4 is 17.4 Å². The first-order valence-corrected chi connectivity index (χ1v) is 5.01. The molecule has 2 aromatic rings. The molecular weight excluding hydrogens is 228 g/mol. The van der Waals surface area contributed by atoms with E-state index in [4.69, 9.17) is 11.6 Å². The number of halogens is 1. The summed E-state index contributed by atoms with van der Waals surface area (Å²) in [6, 6.07) is 1.68. The highest BCUT2D eigenvalue weighted by molar-refractivity contribution is 6.29. The summed E-state index contributed by atoms with van der Waals surface area (Å²) in [6.45, 7) is 3.33. The molecule has 0 fully saturated rings. The van der Waals surface area contributed by atoms with Gasteiger partial charge in [-0.05, 0) is 12.5 Å². The number of hydrogen-bond donors (Lipinski definition) is 0. The van der Waals surface area contributed by atoms with E-state index in [0.717, 1.165) is 11.3 Å². The number of hydrogen-bond acceptors (Lipinski definition) is 4. The highest BCUT2D eigenvalue weighted by Crippen LogP contribution is 2.16. The number of Topliss-reactive ketones (excluding diaryl/α,β-unsaturated/α-hetero) is 1. The van der Waals surface area contributed by atoms with Gasteiger partial charge in [-0.15, -0.1) is 5.10 Å². The Morgan fingerprint density at radius 3 is 2.88 bits per heavy atom. The van der Waals surface area contributed by atoms with Crippen LogP contribution in [0.25, 0.3) is 5.69 Å². The summed E-state index contributed by atoms with van der Waals surface area (Å²) in [7, 11) is 0. The lowest BCUT2D eigenvalue weighted by molar-refractivity contribution is 0.101. The molecule has 0 amide bonds. The monoisotopic (exact) mass is 236 g/mol. The summed E-state index contributed by atoms with van der Waals surface area (Å²) >= 11 is 5.80. The van der Waals surface area contributed by atoms with Crippen molar-refractivity contribution in [2.75, 3.05) is 0 Å². The third-order valence-electron chi connectivity index (χ3n) is 2.14. The Morgan fingerprint density at radius 2 is 2.25 bits per heavy atom. The van der Waals surface area contributed by atoms with E-state index in [1.165, 1.54) is 11.6 Å². The third kappa shape index (κ3) is 1.94. The quantitative estimate of drug-likeness (QED) is 0.590. The van der Waals surface area contributed by atoms with E-state index in [9.17, 15) is 4.79 Å². The molecule has 0 aliphatic heterocycles. The summed E-state index contributed by atoms with van der Waals surface area (Å²) in [5.41, 5.74) is 2.00. The third-order valence-corrected chi connectivity index (χ3v) is 2.35. The molecule has 82 valence electrons. The molecule has 0 bridgehead atoms. The van der Waals surface area contributed by atoms with Crippen LogP contribution in [-0.2, 0) is 0 Å². The number of ketones is 1. The van der Waals surface area contributed by atoms with Crippen molar-refractivity contribution in [2.24, 2.45) is 0 Å². The van der Waals surface area contributed by atoms with E-state index in [1.807, 2.05) is 6.92 Å². The highest BCUT2D eigenvalue weighted by atomic mass is 35.5. The normalized spacial score (nSPS) is 10.4. The van der Waals surface area contributed by atoms with Crippen LogP contribution >= 0.6 is 11.6 Å². The first-order valence-electron chi connectivity index (χ1n) is 4.64. The largest absolute Gasteiger partial charge is 0.293 e. The van der Waals surface area contributed by atoms with Gasteiger partial charge < -0.3 is 0 Å². The number of aryl methyl sites for hydroxylation is 1. The van der Waals surface area contributed by atoms with E-state index in [-0.39, 0.29) is 5.78 Å². The molecule has 2 heterocycles. The van der Waals surface area contributed by atoms with Crippen molar-refractivity contribution in [1.82, 2.24) is 20.0 Å². The number of carbonyl (C=O) groups excluding carboxylic acids is 1. The highest BCUT2D eigenvalue weighted by Gasteiger charge is 2.09. The number of rotatable bonds is 2. The molecule has 16 heavy (non-hydrogen) atoms. The maximum absolute atomic E-state index is 11.1. The summed E-state index contributed by atoms with van der Waals surface area (Å²) < 4.78 is 1.51. The molecule has 2 aromatic heterocycles. The van der Waals surface area contributed by atoms with Crippen LogP contribution in [0.3, 0.4) is 0 Å². The van der Waals surface area contributed by atoms with Crippen LogP contribution in [-0.4, -0.2) is 25.8 Å². The van der Waals surface area contributed by atoms with Crippen LogP contribution in [0.2, 0.25) is 5.15 Å². The van der Waals surface area contributed by atoms with E-state index in [0.29, 0.717) is 10.8 Å². The molecule has 6 heteroatoms. The smallest absolute Gasteiger partial charge is 0.181 e. The second-order valence-electron chi connectivity index (χ2n) is 3.40. The summed E-state index contributed by atoms with van der Waals surface area (Å²) in [5, 5.41) is 8.01. The average Bonchev–Trinajstić information content (AvgIpc) is 2.70. The zero-order valence-electron chi connectivity index (χ0n) is 8.81. The predicted molar refractivity (Wildman–Crippen MR) is 58.9 cm³/mol. The number of aromatic nitrogens is 4. The van der Waals surface area contributed by atoms with Gasteiger partial charge >= 0.3 is 0 Å². The van der Waals surface area contributed by atoms with Gasteiger partial charge in [-0.25, -0.2) is 9.67 Å². The van der Waals surface area contributed by atoms with Gasteiger partial charge in [0.05, 0.1) is 11.9 Å².